The first-order valence-corrected chi connectivity index (χ1v) is 8.49. The van der Waals surface area contributed by atoms with Crippen LogP contribution in [0.2, 0.25) is 0 Å². The van der Waals surface area contributed by atoms with Crippen molar-refractivity contribution in [2.45, 2.75) is 13.8 Å². The molecule has 0 unspecified atom stereocenters. The van der Waals surface area contributed by atoms with Gasteiger partial charge in [0.25, 0.3) is 17.5 Å². The summed E-state index contributed by atoms with van der Waals surface area (Å²) < 4.78 is 5.33. The third-order valence-corrected chi connectivity index (χ3v) is 3.75. The average Bonchev–Trinajstić information content (AvgIpc) is 2.67. The molecule has 2 aromatic carbocycles. The predicted octanol–water partition coefficient (Wildman–Crippen LogP) is 2.18. The van der Waals surface area contributed by atoms with E-state index in [1.165, 1.54) is 31.3 Å². The maximum atomic E-state index is 12.2. The zero-order valence-corrected chi connectivity index (χ0v) is 15.5. The van der Waals surface area contributed by atoms with Crippen LogP contribution in [0.3, 0.4) is 0 Å². The quantitative estimate of drug-likeness (QED) is 0.410. The molecule has 2 aromatic rings. The van der Waals surface area contributed by atoms with Crippen LogP contribution in [0, 0.1) is 17.0 Å². The Bertz CT molecular complexity index is 894. The van der Waals surface area contributed by atoms with Crippen molar-refractivity contribution in [2.24, 2.45) is 5.10 Å². The lowest BCUT2D eigenvalue weighted by atomic mass is 10.1. The highest BCUT2D eigenvalue weighted by Gasteiger charge is 2.18. The number of rotatable bonds is 8. The lowest BCUT2D eigenvalue weighted by Gasteiger charge is -2.07. The van der Waals surface area contributed by atoms with Crippen molar-refractivity contribution in [2.75, 3.05) is 13.2 Å². The summed E-state index contributed by atoms with van der Waals surface area (Å²) >= 11 is 0. The number of nitro groups is 1. The standard InChI is InChI=1S/C19H20N4O5/c1-3-28-15-9-7-14(8-10-15)11-21-22-18(24)12-20-19(25)16-5-4-6-17(13(16)2)23(26)27/h4-11H,3,12H2,1-2H3,(H,20,25)(H,22,24)/b21-11+. The van der Waals surface area contributed by atoms with Crippen molar-refractivity contribution < 1.29 is 19.2 Å². The van der Waals surface area contributed by atoms with Crippen LogP contribution in [0.25, 0.3) is 0 Å². The molecule has 0 spiro atoms. The van der Waals surface area contributed by atoms with E-state index >= 15 is 0 Å². The van der Waals surface area contributed by atoms with E-state index in [1.807, 2.05) is 6.92 Å². The summed E-state index contributed by atoms with van der Waals surface area (Å²) in [6.45, 7) is 3.63. The van der Waals surface area contributed by atoms with Crippen molar-refractivity contribution in [1.82, 2.24) is 10.7 Å². The van der Waals surface area contributed by atoms with Gasteiger partial charge < -0.3 is 10.1 Å². The number of amides is 2. The largest absolute Gasteiger partial charge is 0.494 e. The molecule has 0 saturated heterocycles. The number of carbonyl (C=O) groups is 2. The van der Waals surface area contributed by atoms with Crippen molar-refractivity contribution in [3.63, 3.8) is 0 Å². The van der Waals surface area contributed by atoms with E-state index in [2.05, 4.69) is 15.8 Å². The molecular weight excluding hydrogens is 364 g/mol. The summed E-state index contributed by atoms with van der Waals surface area (Å²) in [5.74, 6) is -0.367. The van der Waals surface area contributed by atoms with Gasteiger partial charge in [0.05, 0.1) is 24.3 Å². The van der Waals surface area contributed by atoms with E-state index in [4.69, 9.17) is 4.74 Å². The summed E-state index contributed by atoms with van der Waals surface area (Å²) in [5, 5.41) is 17.2. The normalized spacial score (nSPS) is 10.5. The molecule has 9 heteroatoms. The second-order valence-corrected chi connectivity index (χ2v) is 5.68. The molecule has 0 fully saturated rings. The van der Waals surface area contributed by atoms with Gasteiger partial charge in [-0.3, -0.25) is 19.7 Å². The highest BCUT2D eigenvalue weighted by atomic mass is 16.6. The maximum absolute atomic E-state index is 12.2. The van der Waals surface area contributed by atoms with Crippen LogP contribution < -0.4 is 15.5 Å². The predicted molar refractivity (Wildman–Crippen MR) is 104 cm³/mol. The average molecular weight is 384 g/mol. The Morgan fingerprint density at radius 3 is 2.57 bits per heavy atom. The van der Waals surface area contributed by atoms with Gasteiger partial charge in [-0.15, -0.1) is 0 Å². The van der Waals surface area contributed by atoms with Gasteiger partial charge in [-0.05, 0) is 49.7 Å². The Kier molecular flexibility index (Phi) is 7.21. The fourth-order valence-electron chi connectivity index (χ4n) is 2.36. The summed E-state index contributed by atoms with van der Waals surface area (Å²) in [6.07, 6.45) is 1.46. The molecule has 2 rings (SSSR count). The smallest absolute Gasteiger partial charge is 0.273 e. The Balaban J connectivity index is 1.86. The topological polar surface area (TPSA) is 123 Å². The molecule has 0 aliphatic carbocycles. The number of ether oxygens (including phenoxy) is 1. The first-order chi connectivity index (χ1) is 13.4. The van der Waals surface area contributed by atoms with Crippen LogP contribution in [0.1, 0.15) is 28.4 Å². The van der Waals surface area contributed by atoms with Gasteiger partial charge in [0, 0.05) is 17.2 Å². The van der Waals surface area contributed by atoms with E-state index in [9.17, 15) is 19.7 Å². The van der Waals surface area contributed by atoms with Gasteiger partial charge in [0.15, 0.2) is 0 Å². The molecular formula is C19H20N4O5. The second-order valence-electron chi connectivity index (χ2n) is 5.68. The number of nitro benzene ring substituents is 1. The monoisotopic (exact) mass is 384 g/mol. The van der Waals surface area contributed by atoms with E-state index < -0.39 is 16.7 Å². The van der Waals surface area contributed by atoms with Crippen molar-refractivity contribution >= 4 is 23.7 Å². The molecule has 9 nitrogen and oxygen atoms in total. The zero-order chi connectivity index (χ0) is 20.5. The van der Waals surface area contributed by atoms with Crippen molar-refractivity contribution in [3.05, 3.63) is 69.3 Å². The highest BCUT2D eigenvalue weighted by molar-refractivity contribution is 5.98. The van der Waals surface area contributed by atoms with Crippen LogP contribution in [0.5, 0.6) is 5.75 Å². The molecule has 0 aromatic heterocycles. The van der Waals surface area contributed by atoms with Gasteiger partial charge in [-0.2, -0.15) is 5.10 Å². The van der Waals surface area contributed by atoms with Crippen molar-refractivity contribution in [3.8, 4) is 5.75 Å². The summed E-state index contributed by atoms with van der Waals surface area (Å²) in [7, 11) is 0. The number of carbonyl (C=O) groups excluding carboxylic acids is 2. The Labute approximate surface area is 161 Å². The van der Waals surface area contributed by atoms with Gasteiger partial charge in [-0.25, -0.2) is 5.43 Å². The van der Waals surface area contributed by atoms with Crippen LogP contribution >= 0.6 is 0 Å². The molecule has 146 valence electrons. The molecule has 0 heterocycles. The van der Waals surface area contributed by atoms with E-state index in [0.717, 1.165) is 11.3 Å². The number of nitrogens with one attached hydrogen (secondary N) is 2. The van der Waals surface area contributed by atoms with Gasteiger partial charge in [0.1, 0.15) is 5.75 Å². The van der Waals surface area contributed by atoms with Gasteiger partial charge >= 0.3 is 0 Å². The Morgan fingerprint density at radius 1 is 1.21 bits per heavy atom. The minimum absolute atomic E-state index is 0.139. The molecule has 28 heavy (non-hydrogen) atoms. The number of benzene rings is 2. The van der Waals surface area contributed by atoms with Gasteiger partial charge in [-0.1, -0.05) is 6.07 Å². The van der Waals surface area contributed by atoms with Crippen LogP contribution in [-0.4, -0.2) is 36.1 Å². The highest BCUT2D eigenvalue weighted by Crippen LogP contribution is 2.20. The summed E-state index contributed by atoms with van der Waals surface area (Å²) in [5.41, 5.74) is 3.28. The van der Waals surface area contributed by atoms with Crippen LogP contribution in [0.4, 0.5) is 5.69 Å². The second kappa shape index (κ2) is 9.81. The molecule has 0 bridgehead atoms. The number of hydrogen-bond donors (Lipinski definition) is 2. The molecule has 2 N–H and O–H groups in total. The van der Waals surface area contributed by atoms with E-state index in [0.29, 0.717) is 6.61 Å². The SMILES string of the molecule is CCOc1ccc(/C=N/NC(=O)CNC(=O)c2cccc([N+](=O)[O-])c2C)cc1. The molecule has 0 saturated carbocycles. The van der Waals surface area contributed by atoms with Gasteiger partial charge in [0.2, 0.25) is 0 Å². The first-order valence-electron chi connectivity index (χ1n) is 8.49. The third kappa shape index (κ3) is 5.63. The minimum atomic E-state index is -0.577. The molecule has 0 atom stereocenters. The first kappa shape index (κ1) is 20.6. The summed E-state index contributed by atoms with van der Waals surface area (Å²) in [4.78, 5) is 34.3. The maximum Gasteiger partial charge on any atom is 0.273 e. The molecule has 2 amide bonds. The summed E-state index contributed by atoms with van der Waals surface area (Å²) in [6, 6.07) is 11.3. The lowest BCUT2D eigenvalue weighted by molar-refractivity contribution is -0.385. The Hall–Kier alpha value is -3.75. The van der Waals surface area contributed by atoms with E-state index in [-0.39, 0.29) is 23.4 Å². The number of nitrogens with zero attached hydrogens (tertiary/aromatic N) is 2. The minimum Gasteiger partial charge on any atom is -0.494 e. The van der Waals surface area contributed by atoms with E-state index in [1.54, 1.807) is 24.3 Å². The molecule has 0 aliphatic rings. The zero-order valence-electron chi connectivity index (χ0n) is 15.5. The Morgan fingerprint density at radius 2 is 1.93 bits per heavy atom. The third-order valence-electron chi connectivity index (χ3n) is 3.75. The fraction of sp³-hybridized carbons (Fsp3) is 0.211. The molecule has 0 aliphatic heterocycles. The number of hydrogen-bond acceptors (Lipinski definition) is 6. The van der Waals surface area contributed by atoms with Crippen LogP contribution in [-0.2, 0) is 4.79 Å². The number of hydrazone groups is 1. The lowest BCUT2D eigenvalue weighted by Crippen LogP contribution is -2.35. The fourth-order valence-corrected chi connectivity index (χ4v) is 2.36. The van der Waals surface area contributed by atoms with Crippen molar-refractivity contribution in [1.29, 1.82) is 0 Å². The molecule has 0 radical (unpaired) electrons. The van der Waals surface area contributed by atoms with Crippen LogP contribution in [0.15, 0.2) is 47.6 Å².